The van der Waals surface area contributed by atoms with Gasteiger partial charge in [-0.3, -0.25) is 0 Å². The van der Waals surface area contributed by atoms with Crippen LogP contribution in [0.1, 0.15) is 32.1 Å². The van der Waals surface area contributed by atoms with Gasteiger partial charge in [-0.2, -0.15) is 0 Å². The summed E-state index contributed by atoms with van der Waals surface area (Å²) in [6.07, 6.45) is 7.48. The number of alkyl halides is 1. The summed E-state index contributed by atoms with van der Waals surface area (Å²) in [5.74, 6) is 2.21. The Morgan fingerprint density at radius 2 is 1.56 bits per heavy atom. The average Bonchev–Trinajstić information content (AvgIpc) is 2.22. The summed E-state index contributed by atoms with van der Waals surface area (Å²) < 4.78 is 0. The van der Waals surface area contributed by atoms with Gasteiger partial charge in [0.25, 0.3) is 0 Å². The van der Waals surface area contributed by atoms with E-state index in [1.165, 1.54) is 32.1 Å². The smallest absolute Gasteiger partial charge is 0.0151 e. The molecule has 1 heteroatoms. The SMILES string of the molecule is BrC1C[C@H]2CCC[C@H]2C1. The summed E-state index contributed by atoms with van der Waals surface area (Å²) in [5, 5.41) is 0. The molecule has 52 valence electrons. The highest BCUT2D eigenvalue weighted by atomic mass is 79.9. The normalized spacial score (nSPS) is 49.7. The zero-order valence-corrected chi connectivity index (χ0v) is 7.23. The van der Waals surface area contributed by atoms with E-state index in [0.29, 0.717) is 0 Å². The van der Waals surface area contributed by atoms with Crippen LogP contribution >= 0.6 is 15.9 Å². The summed E-state index contributed by atoms with van der Waals surface area (Å²) in [6.45, 7) is 0. The largest absolute Gasteiger partial charge is 0.0890 e. The van der Waals surface area contributed by atoms with Gasteiger partial charge in [-0.15, -0.1) is 0 Å². The van der Waals surface area contributed by atoms with Gasteiger partial charge in [-0.05, 0) is 24.7 Å². The van der Waals surface area contributed by atoms with Crippen LogP contribution in [0.5, 0.6) is 0 Å². The molecule has 0 heterocycles. The summed E-state index contributed by atoms with van der Waals surface area (Å²) >= 11 is 3.69. The van der Waals surface area contributed by atoms with Gasteiger partial charge in [-0.25, -0.2) is 0 Å². The molecule has 0 bridgehead atoms. The monoisotopic (exact) mass is 188 g/mol. The van der Waals surface area contributed by atoms with Gasteiger partial charge in [0, 0.05) is 4.83 Å². The van der Waals surface area contributed by atoms with Crippen molar-refractivity contribution >= 4 is 15.9 Å². The molecule has 3 atom stereocenters. The van der Waals surface area contributed by atoms with Crippen molar-refractivity contribution < 1.29 is 0 Å². The summed E-state index contributed by atoms with van der Waals surface area (Å²) in [7, 11) is 0. The van der Waals surface area contributed by atoms with Crippen LogP contribution in [0.15, 0.2) is 0 Å². The molecule has 0 saturated heterocycles. The fourth-order valence-electron chi connectivity index (χ4n) is 2.49. The molecule has 0 nitrogen and oxygen atoms in total. The van der Waals surface area contributed by atoms with Gasteiger partial charge in [0.15, 0.2) is 0 Å². The number of fused-ring (bicyclic) bond motifs is 1. The van der Waals surface area contributed by atoms with Crippen molar-refractivity contribution in [2.75, 3.05) is 0 Å². The Morgan fingerprint density at radius 1 is 1.00 bits per heavy atom. The molecule has 0 amide bonds. The van der Waals surface area contributed by atoms with Crippen LogP contribution in [-0.4, -0.2) is 4.83 Å². The summed E-state index contributed by atoms with van der Waals surface area (Å²) in [5.41, 5.74) is 0. The van der Waals surface area contributed by atoms with Crippen LogP contribution in [0.2, 0.25) is 0 Å². The number of rotatable bonds is 0. The van der Waals surface area contributed by atoms with E-state index in [1.54, 1.807) is 0 Å². The van der Waals surface area contributed by atoms with Crippen molar-refractivity contribution in [3.05, 3.63) is 0 Å². The highest BCUT2D eigenvalue weighted by Gasteiger charge is 2.35. The van der Waals surface area contributed by atoms with E-state index in [0.717, 1.165) is 16.7 Å². The Labute approximate surface area is 65.1 Å². The molecule has 0 aliphatic heterocycles. The van der Waals surface area contributed by atoms with Gasteiger partial charge >= 0.3 is 0 Å². The molecule has 0 radical (unpaired) electrons. The molecule has 0 aromatic carbocycles. The molecular formula is C8H13Br. The Balaban J connectivity index is 2.02. The first kappa shape index (κ1) is 6.21. The van der Waals surface area contributed by atoms with E-state index in [9.17, 15) is 0 Å². The fourth-order valence-corrected chi connectivity index (χ4v) is 3.45. The van der Waals surface area contributed by atoms with Crippen LogP contribution in [0, 0.1) is 11.8 Å². The first-order chi connectivity index (χ1) is 4.36. The number of hydrogen-bond donors (Lipinski definition) is 0. The molecule has 0 aromatic heterocycles. The van der Waals surface area contributed by atoms with E-state index in [1.807, 2.05) is 0 Å². The van der Waals surface area contributed by atoms with E-state index in [2.05, 4.69) is 15.9 Å². The maximum Gasteiger partial charge on any atom is 0.0151 e. The van der Waals surface area contributed by atoms with Crippen molar-refractivity contribution in [2.45, 2.75) is 36.9 Å². The fraction of sp³-hybridized carbons (Fsp3) is 1.00. The van der Waals surface area contributed by atoms with Crippen LogP contribution < -0.4 is 0 Å². The first-order valence-corrected chi connectivity index (χ1v) is 4.92. The molecule has 0 N–H and O–H groups in total. The van der Waals surface area contributed by atoms with Crippen LogP contribution in [0.3, 0.4) is 0 Å². The molecule has 2 fully saturated rings. The second kappa shape index (κ2) is 2.26. The van der Waals surface area contributed by atoms with Gasteiger partial charge in [0.05, 0.1) is 0 Å². The van der Waals surface area contributed by atoms with Crippen LogP contribution in [0.25, 0.3) is 0 Å². The lowest BCUT2D eigenvalue weighted by Crippen LogP contribution is -1.95. The molecular weight excluding hydrogens is 176 g/mol. The zero-order chi connectivity index (χ0) is 6.27. The molecule has 1 unspecified atom stereocenters. The Morgan fingerprint density at radius 3 is 2.11 bits per heavy atom. The Bertz CT molecular complexity index is 99.1. The van der Waals surface area contributed by atoms with Crippen molar-refractivity contribution in [3.63, 3.8) is 0 Å². The maximum atomic E-state index is 3.69. The van der Waals surface area contributed by atoms with E-state index >= 15 is 0 Å². The molecule has 0 aromatic rings. The van der Waals surface area contributed by atoms with Crippen molar-refractivity contribution in [1.29, 1.82) is 0 Å². The van der Waals surface area contributed by atoms with Gasteiger partial charge in [0.1, 0.15) is 0 Å². The minimum Gasteiger partial charge on any atom is -0.0890 e. The van der Waals surface area contributed by atoms with Gasteiger partial charge in [-0.1, -0.05) is 35.2 Å². The summed E-state index contributed by atoms with van der Waals surface area (Å²) in [6, 6.07) is 0. The van der Waals surface area contributed by atoms with E-state index in [-0.39, 0.29) is 0 Å². The second-order valence-electron chi connectivity index (χ2n) is 3.52. The second-order valence-corrected chi connectivity index (χ2v) is 4.81. The van der Waals surface area contributed by atoms with Crippen molar-refractivity contribution in [3.8, 4) is 0 Å². The molecule has 0 spiro atoms. The quantitative estimate of drug-likeness (QED) is 0.514. The first-order valence-electron chi connectivity index (χ1n) is 4.00. The molecule has 2 saturated carbocycles. The van der Waals surface area contributed by atoms with Crippen LogP contribution in [-0.2, 0) is 0 Å². The van der Waals surface area contributed by atoms with Gasteiger partial charge < -0.3 is 0 Å². The van der Waals surface area contributed by atoms with E-state index in [4.69, 9.17) is 0 Å². The van der Waals surface area contributed by atoms with Crippen molar-refractivity contribution in [2.24, 2.45) is 11.8 Å². The molecule has 2 aliphatic carbocycles. The van der Waals surface area contributed by atoms with E-state index < -0.39 is 0 Å². The van der Waals surface area contributed by atoms with Crippen LogP contribution in [0.4, 0.5) is 0 Å². The minimum absolute atomic E-state index is 0.868. The maximum absolute atomic E-state index is 3.69. The van der Waals surface area contributed by atoms with Crippen molar-refractivity contribution in [1.82, 2.24) is 0 Å². The number of halogens is 1. The lowest BCUT2D eigenvalue weighted by Gasteiger charge is -2.04. The average molecular weight is 189 g/mol. The topological polar surface area (TPSA) is 0 Å². The number of hydrogen-bond acceptors (Lipinski definition) is 0. The predicted molar refractivity (Wildman–Crippen MR) is 42.8 cm³/mol. The Hall–Kier alpha value is 0.480. The summed E-state index contributed by atoms with van der Waals surface area (Å²) in [4.78, 5) is 0.868. The Kier molecular flexibility index (Phi) is 1.56. The lowest BCUT2D eigenvalue weighted by atomic mass is 10.0. The zero-order valence-electron chi connectivity index (χ0n) is 5.65. The molecule has 2 rings (SSSR count). The molecule has 9 heavy (non-hydrogen) atoms. The third-order valence-electron chi connectivity index (χ3n) is 2.93. The lowest BCUT2D eigenvalue weighted by molar-refractivity contribution is 0.457. The standard InChI is InChI=1S/C8H13Br/c9-8-4-6-2-1-3-7(6)5-8/h6-8H,1-5H2/t6-,7+,8?. The third-order valence-corrected chi connectivity index (χ3v) is 3.68. The minimum atomic E-state index is 0.868. The highest BCUT2D eigenvalue weighted by Crippen LogP contribution is 2.46. The predicted octanol–water partition coefficient (Wildman–Crippen LogP) is 2.96. The highest BCUT2D eigenvalue weighted by molar-refractivity contribution is 9.09. The molecule has 2 aliphatic rings. The van der Waals surface area contributed by atoms with Gasteiger partial charge in [0.2, 0.25) is 0 Å². The third kappa shape index (κ3) is 1.04.